The van der Waals surface area contributed by atoms with Gasteiger partial charge in [-0.25, -0.2) is 8.42 Å². The molecule has 1 saturated heterocycles. The molecule has 0 spiro atoms. The second kappa shape index (κ2) is 11.0. The van der Waals surface area contributed by atoms with Gasteiger partial charge in [-0.2, -0.15) is 4.31 Å². The molecule has 1 amide bonds. The maximum Gasteiger partial charge on any atom is 0.248 e. The smallest absolute Gasteiger partial charge is 0.248 e. The Labute approximate surface area is 194 Å². The maximum absolute atomic E-state index is 12.6. The maximum atomic E-state index is 12.6. The molecule has 9 heteroatoms. The van der Waals surface area contributed by atoms with Crippen LogP contribution in [-0.2, 0) is 19.6 Å². The van der Waals surface area contributed by atoms with E-state index in [0.717, 1.165) is 24.3 Å². The fourth-order valence-corrected chi connectivity index (χ4v) is 5.13. The Hall–Kier alpha value is -2.39. The summed E-state index contributed by atoms with van der Waals surface area (Å²) >= 11 is 6.14. The molecule has 0 atom stereocenters. The number of anilines is 2. The van der Waals surface area contributed by atoms with E-state index in [0.29, 0.717) is 37.0 Å². The minimum Gasteiger partial charge on any atom is -0.378 e. The van der Waals surface area contributed by atoms with Crippen LogP contribution in [-0.4, -0.2) is 58.0 Å². The first kappa shape index (κ1) is 24.3. The number of sulfonamides is 1. The van der Waals surface area contributed by atoms with Gasteiger partial charge in [0.05, 0.1) is 29.5 Å². The van der Waals surface area contributed by atoms with Gasteiger partial charge in [0.15, 0.2) is 0 Å². The van der Waals surface area contributed by atoms with Gasteiger partial charge >= 0.3 is 0 Å². The molecule has 0 bridgehead atoms. The Balaban J connectivity index is 1.70. The van der Waals surface area contributed by atoms with E-state index in [2.05, 4.69) is 10.2 Å². The van der Waals surface area contributed by atoms with E-state index < -0.39 is 10.0 Å². The molecule has 172 valence electrons. The first-order chi connectivity index (χ1) is 15.3. The Morgan fingerprint density at radius 1 is 1.12 bits per heavy atom. The lowest BCUT2D eigenvalue weighted by atomic mass is 10.2. The number of hydrogen-bond acceptors (Lipinski definition) is 5. The van der Waals surface area contributed by atoms with Crippen molar-refractivity contribution in [3.05, 3.63) is 59.1 Å². The van der Waals surface area contributed by atoms with Gasteiger partial charge < -0.3 is 15.0 Å². The monoisotopic (exact) mass is 477 g/mol. The molecule has 3 rings (SSSR count). The number of rotatable bonds is 8. The summed E-state index contributed by atoms with van der Waals surface area (Å²) in [5.74, 6) is -0.304. The molecular formula is C23H28ClN3O4S. The van der Waals surface area contributed by atoms with Gasteiger partial charge in [0, 0.05) is 37.3 Å². The van der Waals surface area contributed by atoms with E-state index in [1.165, 1.54) is 10.4 Å². The summed E-state index contributed by atoms with van der Waals surface area (Å²) in [6.45, 7) is 7.19. The SMILES string of the molecule is CCN(CC)S(=O)(=O)c1ccc(C=CC(=O)Nc2cc(Cl)ccc2N2CCOCC2)cc1. The highest BCUT2D eigenvalue weighted by Crippen LogP contribution is 2.30. The normalized spacial score (nSPS) is 14.8. The van der Waals surface area contributed by atoms with Gasteiger partial charge in [0.2, 0.25) is 15.9 Å². The van der Waals surface area contributed by atoms with Crippen molar-refractivity contribution in [1.82, 2.24) is 4.31 Å². The van der Waals surface area contributed by atoms with Crippen LogP contribution in [0.15, 0.2) is 53.4 Å². The van der Waals surface area contributed by atoms with Gasteiger partial charge in [-0.1, -0.05) is 37.6 Å². The number of carbonyl (C=O) groups is 1. The lowest BCUT2D eigenvalue weighted by Crippen LogP contribution is -2.36. The Morgan fingerprint density at radius 2 is 1.78 bits per heavy atom. The topological polar surface area (TPSA) is 79.0 Å². The van der Waals surface area contributed by atoms with Crippen molar-refractivity contribution < 1.29 is 17.9 Å². The van der Waals surface area contributed by atoms with Gasteiger partial charge in [0.25, 0.3) is 0 Å². The van der Waals surface area contributed by atoms with Crippen LogP contribution in [0.3, 0.4) is 0 Å². The largest absolute Gasteiger partial charge is 0.378 e. The molecule has 1 aliphatic rings. The zero-order valence-electron chi connectivity index (χ0n) is 18.3. The average Bonchev–Trinajstić information content (AvgIpc) is 2.79. The van der Waals surface area contributed by atoms with E-state index in [1.807, 2.05) is 6.07 Å². The molecule has 0 unspecified atom stereocenters. The fourth-order valence-electron chi connectivity index (χ4n) is 3.50. The van der Waals surface area contributed by atoms with Crippen LogP contribution in [0.25, 0.3) is 6.08 Å². The minimum absolute atomic E-state index is 0.233. The average molecular weight is 478 g/mol. The molecule has 1 heterocycles. The van der Waals surface area contributed by atoms with Gasteiger partial charge in [-0.3, -0.25) is 4.79 Å². The second-order valence-electron chi connectivity index (χ2n) is 7.24. The highest BCUT2D eigenvalue weighted by atomic mass is 35.5. The number of nitrogens with one attached hydrogen (secondary N) is 1. The summed E-state index contributed by atoms with van der Waals surface area (Å²) in [7, 11) is -3.51. The Kier molecular flexibility index (Phi) is 8.31. The van der Waals surface area contributed by atoms with Gasteiger partial charge in [0.1, 0.15) is 0 Å². The molecule has 2 aromatic rings. The zero-order valence-corrected chi connectivity index (χ0v) is 19.8. The molecule has 7 nitrogen and oxygen atoms in total. The highest BCUT2D eigenvalue weighted by Gasteiger charge is 2.21. The van der Waals surface area contributed by atoms with Crippen molar-refractivity contribution in [2.24, 2.45) is 0 Å². The summed E-state index contributed by atoms with van der Waals surface area (Å²) in [5, 5.41) is 3.42. The van der Waals surface area contributed by atoms with Crippen molar-refractivity contribution in [3.8, 4) is 0 Å². The van der Waals surface area contributed by atoms with Crippen LogP contribution in [0.1, 0.15) is 19.4 Å². The molecule has 0 aliphatic carbocycles. The Morgan fingerprint density at radius 3 is 2.41 bits per heavy atom. The molecular weight excluding hydrogens is 450 g/mol. The van der Waals surface area contributed by atoms with E-state index >= 15 is 0 Å². The van der Waals surface area contributed by atoms with Crippen LogP contribution < -0.4 is 10.2 Å². The molecule has 2 aromatic carbocycles. The second-order valence-corrected chi connectivity index (χ2v) is 9.62. The third-order valence-electron chi connectivity index (χ3n) is 5.22. The third-order valence-corrected chi connectivity index (χ3v) is 7.52. The number of hydrogen-bond donors (Lipinski definition) is 1. The van der Waals surface area contributed by atoms with E-state index in [1.54, 1.807) is 56.3 Å². The standard InChI is InChI=1S/C23H28ClN3O4S/c1-3-27(4-2)32(29,30)20-9-5-18(6-10-20)7-12-23(28)25-21-17-19(24)8-11-22(21)26-13-15-31-16-14-26/h5-12,17H,3-4,13-16H2,1-2H3,(H,25,28). The summed E-state index contributed by atoms with van der Waals surface area (Å²) in [6.07, 6.45) is 3.06. The third kappa shape index (κ3) is 5.89. The lowest BCUT2D eigenvalue weighted by Gasteiger charge is -2.30. The number of carbonyl (C=O) groups excluding carboxylic acids is 1. The zero-order chi connectivity index (χ0) is 23.1. The van der Waals surface area contributed by atoms with Crippen molar-refractivity contribution in [3.63, 3.8) is 0 Å². The number of halogens is 1. The first-order valence-corrected chi connectivity index (χ1v) is 12.4. The predicted octanol–water partition coefficient (Wildman–Crippen LogP) is 3.86. The van der Waals surface area contributed by atoms with Crippen LogP contribution >= 0.6 is 11.6 Å². The van der Waals surface area contributed by atoms with Crippen molar-refractivity contribution in [1.29, 1.82) is 0 Å². The number of amides is 1. The van der Waals surface area contributed by atoms with E-state index in [4.69, 9.17) is 16.3 Å². The summed E-state index contributed by atoms with van der Waals surface area (Å²) < 4.78 is 32.0. The van der Waals surface area contributed by atoms with Crippen LogP contribution in [0, 0.1) is 0 Å². The number of nitrogens with zero attached hydrogens (tertiary/aromatic N) is 2. The number of ether oxygens (including phenoxy) is 1. The molecule has 1 fully saturated rings. The fraction of sp³-hybridized carbons (Fsp3) is 0.348. The number of benzene rings is 2. The van der Waals surface area contributed by atoms with E-state index in [-0.39, 0.29) is 10.8 Å². The van der Waals surface area contributed by atoms with Gasteiger partial charge in [-0.15, -0.1) is 0 Å². The highest BCUT2D eigenvalue weighted by molar-refractivity contribution is 7.89. The molecule has 1 aliphatic heterocycles. The summed E-state index contributed by atoms with van der Waals surface area (Å²) in [5.41, 5.74) is 2.25. The van der Waals surface area contributed by atoms with E-state index in [9.17, 15) is 13.2 Å². The predicted molar refractivity (Wildman–Crippen MR) is 129 cm³/mol. The molecule has 32 heavy (non-hydrogen) atoms. The summed E-state index contributed by atoms with van der Waals surface area (Å²) in [6, 6.07) is 11.9. The van der Waals surface area contributed by atoms with Crippen molar-refractivity contribution in [2.75, 3.05) is 49.6 Å². The van der Waals surface area contributed by atoms with Crippen LogP contribution in [0.2, 0.25) is 5.02 Å². The van der Waals surface area contributed by atoms with Crippen molar-refractivity contribution in [2.45, 2.75) is 18.7 Å². The quantitative estimate of drug-likeness (QED) is 0.584. The number of morpholine rings is 1. The molecule has 0 radical (unpaired) electrons. The van der Waals surface area contributed by atoms with Crippen molar-refractivity contribution >= 4 is 45.0 Å². The van der Waals surface area contributed by atoms with Crippen LogP contribution in [0.4, 0.5) is 11.4 Å². The molecule has 0 aromatic heterocycles. The lowest BCUT2D eigenvalue weighted by molar-refractivity contribution is -0.111. The van der Waals surface area contributed by atoms with Gasteiger partial charge in [-0.05, 0) is 42.0 Å². The molecule has 1 N–H and O–H groups in total. The summed E-state index contributed by atoms with van der Waals surface area (Å²) in [4.78, 5) is 14.9. The first-order valence-electron chi connectivity index (χ1n) is 10.6. The minimum atomic E-state index is -3.51. The molecule has 0 saturated carbocycles. The van der Waals surface area contributed by atoms with Crippen LogP contribution in [0.5, 0.6) is 0 Å². The Bertz CT molecular complexity index is 1060.